The predicted molar refractivity (Wildman–Crippen MR) is 104 cm³/mol. The van der Waals surface area contributed by atoms with Gasteiger partial charge < -0.3 is 19.5 Å². The lowest BCUT2D eigenvalue weighted by Gasteiger charge is -2.27. The highest BCUT2D eigenvalue weighted by Crippen LogP contribution is 2.18. The molecule has 1 aromatic carbocycles. The summed E-state index contributed by atoms with van der Waals surface area (Å²) < 4.78 is 5.55. The molecule has 0 saturated carbocycles. The third-order valence-corrected chi connectivity index (χ3v) is 4.53. The second-order valence-electron chi connectivity index (χ2n) is 8.11. The minimum absolute atomic E-state index is 0.0667. The lowest BCUT2D eigenvalue weighted by Crippen LogP contribution is -2.49. The van der Waals surface area contributed by atoms with E-state index in [0.717, 1.165) is 17.5 Å². The first kappa shape index (κ1) is 19.2. The van der Waals surface area contributed by atoms with Crippen molar-refractivity contribution in [2.24, 2.45) is 0 Å². The van der Waals surface area contributed by atoms with Crippen molar-refractivity contribution in [3.63, 3.8) is 0 Å². The molecule has 1 aromatic heterocycles. The van der Waals surface area contributed by atoms with Crippen LogP contribution in [0.2, 0.25) is 0 Å². The van der Waals surface area contributed by atoms with E-state index in [0.29, 0.717) is 44.1 Å². The van der Waals surface area contributed by atoms with Crippen LogP contribution in [0.3, 0.4) is 0 Å². The number of carbonyl (C=O) groups is 2. The molecule has 1 aliphatic rings. The van der Waals surface area contributed by atoms with E-state index in [4.69, 9.17) is 4.42 Å². The summed E-state index contributed by atoms with van der Waals surface area (Å²) >= 11 is 0. The van der Waals surface area contributed by atoms with Crippen LogP contribution in [0.5, 0.6) is 0 Å². The molecule has 0 aliphatic carbocycles. The first-order valence-corrected chi connectivity index (χ1v) is 9.42. The summed E-state index contributed by atoms with van der Waals surface area (Å²) in [5, 5.41) is 2.99. The number of urea groups is 1. The van der Waals surface area contributed by atoms with Gasteiger partial charge in [0.05, 0.1) is 6.42 Å². The molecule has 146 valence electrons. The van der Waals surface area contributed by atoms with Crippen LogP contribution in [0.25, 0.3) is 11.1 Å². The van der Waals surface area contributed by atoms with Gasteiger partial charge in [0.25, 0.3) is 0 Å². The summed E-state index contributed by atoms with van der Waals surface area (Å²) in [6.45, 7) is 10.1. The Balaban J connectivity index is 1.59. The molecule has 0 bridgehead atoms. The molecule has 1 fully saturated rings. The molecule has 7 nitrogen and oxygen atoms in total. The summed E-state index contributed by atoms with van der Waals surface area (Å²) in [5.41, 5.74) is 2.16. The first-order valence-electron chi connectivity index (χ1n) is 9.42. The van der Waals surface area contributed by atoms with Crippen molar-refractivity contribution in [3.8, 4) is 0 Å². The Bertz CT molecular complexity index is 837. The predicted octanol–water partition coefficient (Wildman–Crippen LogP) is 2.72. The number of benzene rings is 1. The Hall–Kier alpha value is -2.57. The maximum absolute atomic E-state index is 12.7. The van der Waals surface area contributed by atoms with Crippen molar-refractivity contribution in [1.29, 1.82) is 0 Å². The van der Waals surface area contributed by atoms with Crippen molar-refractivity contribution in [3.05, 3.63) is 29.7 Å². The Morgan fingerprint density at radius 1 is 1.15 bits per heavy atom. The van der Waals surface area contributed by atoms with Crippen molar-refractivity contribution in [2.75, 3.05) is 26.2 Å². The molecule has 1 saturated heterocycles. The molecular weight excluding hydrogens is 344 g/mol. The van der Waals surface area contributed by atoms with Gasteiger partial charge in [0.1, 0.15) is 5.52 Å². The molecule has 2 heterocycles. The van der Waals surface area contributed by atoms with Crippen LogP contribution in [0.4, 0.5) is 4.79 Å². The van der Waals surface area contributed by atoms with Crippen LogP contribution in [0, 0.1) is 6.92 Å². The van der Waals surface area contributed by atoms with E-state index < -0.39 is 0 Å². The van der Waals surface area contributed by atoms with Gasteiger partial charge >= 0.3 is 6.03 Å². The molecule has 0 radical (unpaired) electrons. The first-order chi connectivity index (χ1) is 12.7. The highest BCUT2D eigenvalue weighted by molar-refractivity contribution is 5.81. The maximum atomic E-state index is 12.7. The smallest absolute Gasteiger partial charge is 0.317 e. The van der Waals surface area contributed by atoms with Crippen LogP contribution in [0.1, 0.15) is 38.6 Å². The summed E-state index contributed by atoms with van der Waals surface area (Å²) in [6, 6.07) is 5.62. The van der Waals surface area contributed by atoms with Crippen LogP contribution in [-0.2, 0) is 11.2 Å². The molecule has 7 heteroatoms. The second-order valence-corrected chi connectivity index (χ2v) is 8.11. The van der Waals surface area contributed by atoms with Gasteiger partial charge in [0.15, 0.2) is 11.5 Å². The Kier molecular flexibility index (Phi) is 5.39. The zero-order chi connectivity index (χ0) is 19.6. The van der Waals surface area contributed by atoms with Crippen molar-refractivity contribution < 1.29 is 14.0 Å². The fourth-order valence-corrected chi connectivity index (χ4v) is 3.25. The molecule has 1 aliphatic heterocycles. The fraction of sp³-hybridized carbons (Fsp3) is 0.550. The van der Waals surface area contributed by atoms with Gasteiger partial charge in [-0.3, -0.25) is 4.79 Å². The second kappa shape index (κ2) is 7.58. The molecule has 3 rings (SSSR count). The molecule has 0 unspecified atom stereocenters. The number of hydrogen-bond donors (Lipinski definition) is 1. The monoisotopic (exact) mass is 372 g/mol. The standard InChI is InChI=1S/C20H28N4O3/c1-14-21-16-7-6-15(12-17(16)27-14)13-18(25)23-8-5-9-24(11-10-23)19(26)22-20(2,3)4/h6-7,12H,5,8-11,13H2,1-4H3,(H,22,26). The number of nitrogens with one attached hydrogen (secondary N) is 1. The van der Waals surface area contributed by atoms with Crippen molar-refractivity contribution in [1.82, 2.24) is 20.1 Å². The van der Waals surface area contributed by atoms with Crippen LogP contribution in [-0.4, -0.2) is 58.4 Å². The van der Waals surface area contributed by atoms with E-state index in [2.05, 4.69) is 10.3 Å². The minimum Gasteiger partial charge on any atom is -0.441 e. The van der Waals surface area contributed by atoms with Crippen LogP contribution < -0.4 is 5.32 Å². The number of oxazole rings is 1. The summed E-state index contributed by atoms with van der Waals surface area (Å²) in [5.74, 6) is 0.693. The third kappa shape index (κ3) is 4.99. The van der Waals surface area contributed by atoms with E-state index >= 15 is 0 Å². The van der Waals surface area contributed by atoms with Gasteiger partial charge in [0.2, 0.25) is 5.91 Å². The quantitative estimate of drug-likeness (QED) is 0.879. The van der Waals surface area contributed by atoms with E-state index in [1.807, 2.05) is 50.8 Å². The van der Waals surface area contributed by atoms with E-state index in [9.17, 15) is 9.59 Å². The van der Waals surface area contributed by atoms with Crippen molar-refractivity contribution >= 4 is 23.0 Å². The van der Waals surface area contributed by atoms with Gasteiger partial charge in [-0.25, -0.2) is 9.78 Å². The van der Waals surface area contributed by atoms with Crippen LogP contribution in [0.15, 0.2) is 22.6 Å². The average molecular weight is 372 g/mol. The normalized spacial score (nSPS) is 15.7. The zero-order valence-electron chi connectivity index (χ0n) is 16.5. The van der Waals surface area contributed by atoms with Gasteiger partial charge in [-0.05, 0) is 44.9 Å². The molecule has 1 N–H and O–H groups in total. The number of fused-ring (bicyclic) bond motifs is 1. The van der Waals surface area contributed by atoms with Gasteiger partial charge in [-0.15, -0.1) is 0 Å². The molecular formula is C20H28N4O3. The number of rotatable bonds is 2. The topological polar surface area (TPSA) is 78.7 Å². The number of carbonyl (C=O) groups excluding carboxylic acids is 2. The molecule has 0 atom stereocenters. The largest absolute Gasteiger partial charge is 0.441 e. The zero-order valence-corrected chi connectivity index (χ0v) is 16.5. The van der Waals surface area contributed by atoms with Crippen LogP contribution >= 0.6 is 0 Å². The Labute approximate surface area is 159 Å². The highest BCUT2D eigenvalue weighted by atomic mass is 16.3. The third-order valence-electron chi connectivity index (χ3n) is 4.53. The van der Waals surface area contributed by atoms with E-state index in [-0.39, 0.29) is 17.5 Å². The van der Waals surface area contributed by atoms with E-state index in [1.165, 1.54) is 0 Å². The number of nitrogens with zero attached hydrogens (tertiary/aromatic N) is 3. The lowest BCUT2D eigenvalue weighted by molar-refractivity contribution is -0.130. The SMILES string of the molecule is Cc1nc2ccc(CC(=O)N3CCCN(C(=O)NC(C)(C)C)CC3)cc2o1. The molecule has 3 amide bonds. The average Bonchev–Trinajstić information content (AvgIpc) is 2.78. The van der Waals surface area contributed by atoms with Crippen molar-refractivity contribution in [2.45, 2.75) is 46.1 Å². The lowest BCUT2D eigenvalue weighted by atomic mass is 10.1. The number of hydrogen-bond acceptors (Lipinski definition) is 4. The maximum Gasteiger partial charge on any atom is 0.317 e. The number of amides is 3. The molecule has 2 aromatic rings. The summed E-state index contributed by atoms with van der Waals surface area (Å²) in [6.07, 6.45) is 1.10. The fourth-order valence-electron chi connectivity index (χ4n) is 3.25. The Morgan fingerprint density at radius 2 is 1.85 bits per heavy atom. The van der Waals surface area contributed by atoms with E-state index in [1.54, 1.807) is 4.90 Å². The summed E-state index contributed by atoms with van der Waals surface area (Å²) in [4.78, 5) is 33.0. The number of aryl methyl sites for hydroxylation is 1. The Morgan fingerprint density at radius 3 is 2.59 bits per heavy atom. The van der Waals surface area contributed by atoms with Gasteiger partial charge in [-0.1, -0.05) is 6.07 Å². The molecule has 0 spiro atoms. The number of aromatic nitrogens is 1. The van der Waals surface area contributed by atoms with Gasteiger partial charge in [-0.2, -0.15) is 0 Å². The highest BCUT2D eigenvalue weighted by Gasteiger charge is 2.24. The van der Waals surface area contributed by atoms with Gasteiger partial charge in [0, 0.05) is 38.6 Å². The summed E-state index contributed by atoms with van der Waals surface area (Å²) in [7, 11) is 0. The molecule has 27 heavy (non-hydrogen) atoms. The minimum atomic E-state index is -0.267.